The van der Waals surface area contributed by atoms with Crippen molar-refractivity contribution in [2.24, 2.45) is 5.92 Å². The molecule has 0 bridgehead atoms. The minimum absolute atomic E-state index is 0.107. The SMILES string of the molecule is CC(C)C(C(=O)N1CCN(c2ncccn2)CC1)c1ccc(F)cc1. The van der Waals surface area contributed by atoms with Crippen molar-refractivity contribution >= 4 is 11.9 Å². The summed E-state index contributed by atoms with van der Waals surface area (Å²) in [6.07, 6.45) is 3.45. The van der Waals surface area contributed by atoms with Crippen LogP contribution in [-0.2, 0) is 4.79 Å². The number of carbonyl (C=O) groups excluding carboxylic acids is 1. The van der Waals surface area contributed by atoms with Crippen molar-refractivity contribution in [3.8, 4) is 0 Å². The lowest BCUT2D eigenvalue weighted by Crippen LogP contribution is -2.51. The Morgan fingerprint density at radius 2 is 1.64 bits per heavy atom. The van der Waals surface area contributed by atoms with E-state index in [1.165, 1.54) is 12.1 Å². The van der Waals surface area contributed by atoms with Gasteiger partial charge in [-0.2, -0.15) is 0 Å². The van der Waals surface area contributed by atoms with E-state index >= 15 is 0 Å². The molecule has 1 fully saturated rings. The highest BCUT2D eigenvalue weighted by Crippen LogP contribution is 2.27. The highest BCUT2D eigenvalue weighted by atomic mass is 19.1. The Morgan fingerprint density at radius 1 is 1.04 bits per heavy atom. The van der Waals surface area contributed by atoms with Crippen LogP contribution in [0.3, 0.4) is 0 Å². The van der Waals surface area contributed by atoms with Crippen LogP contribution in [0.25, 0.3) is 0 Å². The van der Waals surface area contributed by atoms with Crippen LogP contribution in [0.2, 0.25) is 0 Å². The first-order valence-electron chi connectivity index (χ1n) is 8.62. The van der Waals surface area contributed by atoms with Gasteiger partial charge in [0.1, 0.15) is 5.82 Å². The number of anilines is 1. The molecule has 0 aliphatic carbocycles. The van der Waals surface area contributed by atoms with Gasteiger partial charge in [0, 0.05) is 38.6 Å². The number of benzene rings is 1. The lowest BCUT2D eigenvalue weighted by molar-refractivity contribution is -0.134. The van der Waals surface area contributed by atoms with Crippen LogP contribution in [0.15, 0.2) is 42.7 Å². The summed E-state index contributed by atoms with van der Waals surface area (Å²) in [4.78, 5) is 25.6. The van der Waals surface area contributed by atoms with E-state index < -0.39 is 0 Å². The van der Waals surface area contributed by atoms with Gasteiger partial charge in [-0.3, -0.25) is 4.79 Å². The lowest BCUT2D eigenvalue weighted by atomic mass is 9.87. The van der Waals surface area contributed by atoms with Gasteiger partial charge < -0.3 is 9.80 Å². The summed E-state index contributed by atoms with van der Waals surface area (Å²) >= 11 is 0. The number of nitrogens with zero attached hydrogens (tertiary/aromatic N) is 4. The Morgan fingerprint density at radius 3 is 2.20 bits per heavy atom. The Hall–Kier alpha value is -2.50. The van der Waals surface area contributed by atoms with Crippen LogP contribution < -0.4 is 4.90 Å². The van der Waals surface area contributed by atoms with Crippen molar-refractivity contribution in [1.29, 1.82) is 0 Å². The molecule has 0 N–H and O–H groups in total. The summed E-state index contributed by atoms with van der Waals surface area (Å²) in [7, 11) is 0. The molecule has 0 spiro atoms. The minimum Gasteiger partial charge on any atom is -0.339 e. The minimum atomic E-state index is -0.282. The van der Waals surface area contributed by atoms with Gasteiger partial charge in [0.25, 0.3) is 0 Å². The maximum absolute atomic E-state index is 13.2. The maximum atomic E-state index is 13.2. The summed E-state index contributed by atoms with van der Waals surface area (Å²) in [6.45, 7) is 6.76. The second-order valence-corrected chi connectivity index (χ2v) is 6.63. The Kier molecular flexibility index (Phi) is 5.26. The summed E-state index contributed by atoms with van der Waals surface area (Å²) in [5.74, 6) is 0.424. The van der Waals surface area contributed by atoms with Crippen LogP contribution in [0.5, 0.6) is 0 Å². The van der Waals surface area contributed by atoms with Crippen molar-refractivity contribution in [3.63, 3.8) is 0 Å². The fourth-order valence-electron chi connectivity index (χ4n) is 3.26. The fourth-order valence-corrected chi connectivity index (χ4v) is 3.26. The Labute approximate surface area is 147 Å². The molecule has 0 radical (unpaired) electrons. The molecule has 1 atom stereocenters. The van der Waals surface area contributed by atoms with Gasteiger partial charge in [-0.05, 0) is 29.7 Å². The van der Waals surface area contributed by atoms with Crippen molar-refractivity contribution in [2.45, 2.75) is 19.8 Å². The number of carbonyl (C=O) groups is 1. The molecule has 1 aliphatic rings. The normalized spacial score (nSPS) is 16.2. The van der Waals surface area contributed by atoms with Crippen molar-refractivity contribution < 1.29 is 9.18 Å². The van der Waals surface area contributed by atoms with Crippen LogP contribution in [0.4, 0.5) is 10.3 Å². The number of hydrogen-bond donors (Lipinski definition) is 0. The van der Waals surface area contributed by atoms with Gasteiger partial charge in [-0.1, -0.05) is 26.0 Å². The highest BCUT2D eigenvalue weighted by molar-refractivity contribution is 5.84. The number of rotatable bonds is 4. The van der Waals surface area contributed by atoms with E-state index in [0.717, 1.165) is 5.56 Å². The second kappa shape index (κ2) is 7.59. The zero-order valence-electron chi connectivity index (χ0n) is 14.6. The number of amides is 1. The quantitative estimate of drug-likeness (QED) is 0.857. The number of piperazine rings is 1. The summed E-state index contributed by atoms with van der Waals surface area (Å²) in [5.41, 5.74) is 0.871. The first-order valence-corrected chi connectivity index (χ1v) is 8.62. The van der Waals surface area contributed by atoms with Gasteiger partial charge >= 0.3 is 0 Å². The van der Waals surface area contributed by atoms with E-state index in [-0.39, 0.29) is 23.6 Å². The van der Waals surface area contributed by atoms with E-state index in [4.69, 9.17) is 0 Å². The molecule has 132 valence electrons. The Balaban J connectivity index is 1.68. The van der Waals surface area contributed by atoms with Crippen LogP contribution in [0.1, 0.15) is 25.3 Å². The molecule has 1 unspecified atom stereocenters. The van der Waals surface area contributed by atoms with Crippen molar-refractivity contribution in [1.82, 2.24) is 14.9 Å². The van der Waals surface area contributed by atoms with Gasteiger partial charge in [-0.25, -0.2) is 14.4 Å². The second-order valence-electron chi connectivity index (χ2n) is 6.63. The molecule has 1 aromatic heterocycles. The first kappa shape index (κ1) is 17.3. The third-order valence-electron chi connectivity index (χ3n) is 4.59. The lowest BCUT2D eigenvalue weighted by Gasteiger charge is -2.37. The van der Waals surface area contributed by atoms with E-state index in [0.29, 0.717) is 32.1 Å². The average Bonchev–Trinajstić information content (AvgIpc) is 2.64. The van der Waals surface area contributed by atoms with Gasteiger partial charge in [0.2, 0.25) is 11.9 Å². The standard InChI is InChI=1S/C19H23FN4O/c1-14(2)17(15-4-6-16(20)7-5-15)18(25)23-10-12-24(13-11-23)19-21-8-3-9-22-19/h3-9,14,17H,10-13H2,1-2H3. The molecule has 25 heavy (non-hydrogen) atoms. The predicted molar refractivity (Wildman–Crippen MR) is 94.8 cm³/mol. The monoisotopic (exact) mass is 342 g/mol. The third-order valence-corrected chi connectivity index (χ3v) is 4.59. The highest BCUT2D eigenvalue weighted by Gasteiger charge is 2.31. The zero-order valence-corrected chi connectivity index (χ0v) is 14.6. The summed E-state index contributed by atoms with van der Waals surface area (Å²) in [5, 5.41) is 0. The molecule has 1 aromatic carbocycles. The maximum Gasteiger partial charge on any atom is 0.230 e. The van der Waals surface area contributed by atoms with Gasteiger partial charge in [-0.15, -0.1) is 0 Å². The Bertz CT molecular complexity index is 697. The molecule has 1 saturated heterocycles. The topological polar surface area (TPSA) is 49.3 Å². The zero-order chi connectivity index (χ0) is 17.8. The molecule has 2 aromatic rings. The number of aromatic nitrogens is 2. The van der Waals surface area contributed by atoms with E-state index in [2.05, 4.69) is 14.9 Å². The molecule has 1 aliphatic heterocycles. The van der Waals surface area contributed by atoms with Crippen LogP contribution in [0, 0.1) is 11.7 Å². The average molecular weight is 342 g/mol. The molecular formula is C19H23FN4O. The van der Waals surface area contributed by atoms with Crippen LogP contribution in [-0.4, -0.2) is 47.0 Å². The number of hydrogen-bond acceptors (Lipinski definition) is 4. The molecule has 2 heterocycles. The molecule has 0 saturated carbocycles. The fraction of sp³-hybridized carbons (Fsp3) is 0.421. The molecule has 6 heteroatoms. The third kappa shape index (κ3) is 3.95. The van der Waals surface area contributed by atoms with Gasteiger partial charge in [0.15, 0.2) is 0 Å². The molecule has 3 rings (SSSR count). The molecular weight excluding hydrogens is 319 g/mol. The van der Waals surface area contributed by atoms with Crippen molar-refractivity contribution in [2.75, 3.05) is 31.1 Å². The van der Waals surface area contributed by atoms with Crippen molar-refractivity contribution in [3.05, 3.63) is 54.1 Å². The first-order chi connectivity index (χ1) is 12.1. The van der Waals surface area contributed by atoms with E-state index in [9.17, 15) is 9.18 Å². The smallest absolute Gasteiger partial charge is 0.230 e. The largest absolute Gasteiger partial charge is 0.339 e. The molecule has 5 nitrogen and oxygen atoms in total. The number of halogens is 1. The van der Waals surface area contributed by atoms with Crippen LogP contribution >= 0.6 is 0 Å². The molecule has 1 amide bonds. The van der Waals surface area contributed by atoms with Gasteiger partial charge in [0.05, 0.1) is 5.92 Å². The van der Waals surface area contributed by atoms with E-state index in [1.54, 1.807) is 30.6 Å². The summed E-state index contributed by atoms with van der Waals surface area (Å²) < 4.78 is 13.2. The van der Waals surface area contributed by atoms with E-state index in [1.807, 2.05) is 18.7 Å². The summed E-state index contributed by atoms with van der Waals surface area (Å²) in [6, 6.07) is 8.06. The predicted octanol–water partition coefficient (Wildman–Crippen LogP) is 2.70.